The molecule has 2 rings (SSSR count). The molecule has 2 aromatic rings. The topological polar surface area (TPSA) is 24.1 Å². The average molecular weight is 254 g/mol. The molecule has 0 aliphatic rings. The Labute approximate surface area is 105 Å². The van der Waals surface area contributed by atoms with Crippen LogP contribution in [0.5, 0.6) is 0 Å². The van der Waals surface area contributed by atoms with Gasteiger partial charge < -0.3 is 10.6 Å². The second kappa shape index (κ2) is 5.77. The fourth-order valence-corrected chi connectivity index (χ4v) is 3.67. The number of thiophene rings is 2. The molecule has 0 saturated carbocycles. The molecule has 88 valence electrons. The first-order valence-corrected chi connectivity index (χ1v) is 7.35. The van der Waals surface area contributed by atoms with Crippen molar-refractivity contribution in [2.45, 2.75) is 26.4 Å². The lowest BCUT2D eigenvalue weighted by molar-refractivity contribution is 0.557. The van der Waals surface area contributed by atoms with Crippen LogP contribution in [0.2, 0.25) is 0 Å². The van der Waals surface area contributed by atoms with Gasteiger partial charge in [-0.05, 0) is 17.5 Å². The van der Waals surface area contributed by atoms with Crippen LogP contribution in [0.3, 0.4) is 0 Å². The number of hydrogen-bond donors (Lipinski definition) is 2. The normalized spacial score (nSPS) is 11.7. The second-order valence-corrected chi connectivity index (χ2v) is 6.26. The van der Waals surface area contributed by atoms with Crippen LogP contribution >= 0.6 is 22.7 Å². The molecule has 0 atom stereocenters. The standard InChI is InChI=1S/C12H18N2S2/c1-9(2)14-5-4-13-8-10-7-12-11(16-10)3-6-15-12/h3,6-7,9,13-14H,4-5,8H2,1-2H3. The zero-order chi connectivity index (χ0) is 11.4. The van der Waals surface area contributed by atoms with Gasteiger partial charge in [0.25, 0.3) is 0 Å². The summed E-state index contributed by atoms with van der Waals surface area (Å²) in [7, 11) is 0. The first-order valence-electron chi connectivity index (χ1n) is 5.66. The van der Waals surface area contributed by atoms with Crippen molar-refractivity contribution in [1.29, 1.82) is 0 Å². The van der Waals surface area contributed by atoms with Gasteiger partial charge in [-0.1, -0.05) is 13.8 Å². The minimum atomic E-state index is 0.578. The highest BCUT2D eigenvalue weighted by Gasteiger charge is 2.01. The van der Waals surface area contributed by atoms with E-state index in [1.807, 2.05) is 22.7 Å². The molecule has 0 fully saturated rings. The van der Waals surface area contributed by atoms with Crippen molar-refractivity contribution >= 4 is 32.1 Å². The molecule has 2 nitrogen and oxygen atoms in total. The van der Waals surface area contributed by atoms with Crippen molar-refractivity contribution in [3.05, 3.63) is 22.4 Å². The third kappa shape index (κ3) is 3.28. The predicted molar refractivity (Wildman–Crippen MR) is 74.5 cm³/mol. The molecule has 0 bridgehead atoms. The van der Waals surface area contributed by atoms with Crippen LogP contribution in [0.15, 0.2) is 17.5 Å². The van der Waals surface area contributed by atoms with Gasteiger partial charge in [0, 0.05) is 40.0 Å². The van der Waals surface area contributed by atoms with Crippen molar-refractivity contribution in [2.24, 2.45) is 0 Å². The van der Waals surface area contributed by atoms with Gasteiger partial charge in [0.2, 0.25) is 0 Å². The maximum atomic E-state index is 3.46. The Bertz CT molecular complexity index is 402. The molecule has 4 heteroatoms. The lowest BCUT2D eigenvalue weighted by Gasteiger charge is -2.08. The third-order valence-electron chi connectivity index (χ3n) is 2.34. The van der Waals surface area contributed by atoms with Crippen LogP contribution in [0.1, 0.15) is 18.7 Å². The molecule has 2 N–H and O–H groups in total. The van der Waals surface area contributed by atoms with Gasteiger partial charge in [-0.15, -0.1) is 22.7 Å². The zero-order valence-electron chi connectivity index (χ0n) is 9.75. The van der Waals surface area contributed by atoms with Gasteiger partial charge >= 0.3 is 0 Å². The Morgan fingerprint density at radius 3 is 2.88 bits per heavy atom. The van der Waals surface area contributed by atoms with E-state index < -0.39 is 0 Å². The predicted octanol–water partition coefficient (Wildman–Crippen LogP) is 3.05. The summed E-state index contributed by atoms with van der Waals surface area (Å²) in [5, 5.41) is 9.01. The Morgan fingerprint density at radius 1 is 1.25 bits per heavy atom. The van der Waals surface area contributed by atoms with Crippen LogP contribution in [-0.2, 0) is 6.54 Å². The first kappa shape index (κ1) is 12.0. The highest BCUT2D eigenvalue weighted by molar-refractivity contribution is 7.26. The molecule has 0 aromatic carbocycles. The summed E-state index contributed by atoms with van der Waals surface area (Å²) in [6.07, 6.45) is 0. The minimum absolute atomic E-state index is 0.578. The average Bonchev–Trinajstić information content (AvgIpc) is 2.76. The van der Waals surface area contributed by atoms with E-state index >= 15 is 0 Å². The van der Waals surface area contributed by atoms with E-state index in [-0.39, 0.29) is 0 Å². The smallest absolute Gasteiger partial charge is 0.0453 e. The van der Waals surface area contributed by atoms with E-state index in [0.29, 0.717) is 6.04 Å². The fourth-order valence-electron chi connectivity index (χ4n) is 1.56. The number of hydrogen-bond acceptors (Lipinski definition) is 4. The lowest BCUT2D eigenvalue weighted by atomic mass is 10.4. The van der Waals surface area contributed by atoms with Crippen molar-refractivity contribution < 1.29 is 0 Å². The summed E-state index contributed by atoms with van der Waals surface area (Å²) in [6, 6.07) is 5.08. The SMILES string of the molecule is CC(C)NCCNCc1cc2sccc2s1. The van der Waals surface area contributed by atoms with Crippen LogP contribution in [0.4, 0.5) is 0 Å². The largest absolute Gasteiger partial charge is 0.313 e. The Balaban J connectivity index is 1.72. The van der Waals surface area contributed by atoms with Crippen LogP contribution in [0, 0.1) is 0 Å². The Kier molecular flexibility index (Phi) is 4.35. The quantitative estimate of drug-likeness (QED) is 0.774. The molecule has 0 saturated heterocycles. The molecule has 0 spiro atoms. The van der Waals surface area contributed by atoms with Crippen molar-refractivity contribution in [1.82, 2.24) is 10.6 Å². The number of nitrogens with one attached hydrogen (secondary N) is 2. The monoisotopic (exact) mass is 254 g/mol. The molecular weight excluding hydrogens is 236 g/mol. The summed E-state index contributed by atoms with van der Waals surface area (Å²) in [5.74, 6) is 0. The number of fused-ring (bicyclic) bond motifs is 1. The van der Waals surface area contributed by atoms with E-state index in [1.54, 1.807) is 0 Å². The van der Waals surface area contributed by atoms with Crippen LogP contribution < -0.4 is 10.6 Å². The van der Waals surface area contributed by atoms with Gasteiger partial charge in [0.15, 0.2) is 0 Å². The molecule has 0 aliphatic heterocycles. The molecule has 0 radical (unpaired) electrons. The van der Waals surface area contributed by atoms with Gasteiger partial charge in [-0.25, -0.2) is 0 Å². The molecule has 2 aromatic heterocycles. The maximum absolute atomic E-state index is 3.46. The van der Waals surface area contributed by atoms with E-state index in [1.165, 1.54) is 14.3 Å². The van der Waals surface area contributed by atoms with Crippen molar-refractivity contribution in [3.8, 4) is 0 Å². The Morgan fingerprint density at radius 2 is 2.12 bits per heavy atom. The lowest BCUT2D eigenvalue weighted by Crippen LogP contribution is -2.31. The molecular formula is C12H18N2S2. The maximum Gasteiger partial charge on any atom is 0.0453 e. The van der Waals surface area contributed by atoms with Gasteiger partial charge in [0.05, 0.1) is 0 Å². The van der Waals surface area contributed by atoms with Crippen LogP contribution in [-0.4, -0.2) is 19.1 Å². The molecule has 2 heterocycles. The second-order valence-electron chi connectivity index (χ2n) is 4.15. The van der Waals surface area contributed by atoms with E-state index in [2.05, 4.69) is 42.0 Å². The molecule has 0 amide bonds. The van der Waals surface area contributed by atoms with Crippen molar-refractivity contribution in [3.63, 3.8) is 0 Å². The van der Waals surface area contributed by atoms with Crippen LogP contribution in [0.25, 0.3) is 9.40 Å². The summed E-state index contributed by atoms with van der Waals surface area (Å²) < 4.78 is 2.84. The first-order chi connectivity index (χ1) is 7.75. The fraction of sp³-hybridized carbons (Fsp3) is 0.500. The van der Waals surface area contributed by atoms with E-state index in [0.717, 1.165) is 19.6 Å². The Hall–Kier alpha value is -0.420. The summed E-state index contributed by atoms with van der Waals surface area (Å²) in [5.41, 5.74) is 0. The third-order valence-corrected chi connectivity index (χ3v) is 4.44. The van der Waals surface area contributed by atoms with Gasteiger partial charge in [-0.3, -0.25) is 0 Å². The van der Waals surface area contributed by atoms with Gasteiger partial charge in [-0.2, -0.15) is 0 Å². The van der Waals surface area contributed by atoms with Crippen molar-refractivity contribution in [2.75, 3.05) is 13.1 Å². The summed E-state index contributed by atoms with van der Waals surface area (Å²) >= 11 is 3.72. The minimum Gasteiger partial charge on any atom is -0.313 e. The highest BCUT2D eigenvalue weighted by atomic mass is 32.1. The molecule has 0 aliphatic carbocycles. The van der Waals surface area contributed by atoms with E-state index in [9.17, 15) is 0 Å². The van der Waals surface area contributed by atoms with E-state index in [4.69, 9.17) is 0 Å². The number of rotatable bonds is 6. The molecule has 0 unspecified atom stereocenters. The summed E-state index contributed by atoms with van der Waals surface area (Å²) in [6.45, 7) is 7.41. The van der Waals surface area contributed by atoms with Gasteiger partial charge in [0.1, 0.15) is 0 Å². The molecule has 16 heavy (non-hydrogen) atoms. The highest BCUT2D eigenvalue weighted by Crippen LogP contribution is 2.29. The summed E-state index contributed by atoms with van der Waals surface area (Å²) in [4.78, 5) is 1.44. The zero-order valence-corrected chi connectivity index (χ0v) is 11.4.